The Labute approximate surface area is 80.0 Å². The molecule has 0 aromatic heterocycles. The van der Waals surface area contributed by atoms with Crippen molar-refractivity contribution in [2.24, 2.45) is 11.7 Å². The summed E-state index contributed by atoms with van der Waals surface area (Å²) in [5, 5.41) is 0. The Bertz CT molecular complexity index is 286. The zero-order chi connectivity index (χ0) is 9.42. The molecule has 0 unspecified atom stereocenters. The fourth-order valence-electron chi connectivity index (χ4n) is 1.99. The monoisotopic (exact) mass is 175 g/mol. The Hall–Kier alpha value is -0.820. The topological polar surface area (TPSA) is 26.0 Å². The molecule has 0 amide bonds. The summed E-state index contributed by atoms with van der Waals surface area (Å²) >= 11 is 0. The third-order valence-corrected chi connectivity index (χ3v) is 3.02. The molecule has 0 spiro atoms. The predicted octanol–water partition coefficient (Wildman–Crippen LogP) is 2.45. The number of rotatable bonds is 2. The van der Waals surface area contributed by atoms with Gasteiger partial charge in [0.15, 0.2) is 0 Å². The number of benzene rings is 1. The fourth-order valence-corrected chi connectivity index (χ4v) is 1.99. The quantitative estimate of drug-likeness (QED) is 0.734. The summed E-state index contributed by atoms with van der Waals surface area (Å²) in [5.74, 6) is 1.46. The van der Waals surface area contributed by atoms with Crippen molar-refractivity contribution < 1.29 is 0 Å². The van der Waals surface area contributed by atoms with Gasteiger partial charge in [-0.25, -0.2) is 0 Å². The minimum absolute atomic E-state index is 0.353. The van der Waals surface area contributed by atoms with E-state index >= 15 is 0 Å². The van der Waals surface area contributed by atoms with Crippen molar-refractivity contribution in [2.45, 2.75) is 32.2 Å². The molecule has 1 fully saturated rings. The maximum Gasteiger partial charge on any atom is 0.00448 e. The molecular formula is C12H17N. The maximum absolute atomic E-state index is 5.86. The van der Waals surface area contributed by atoms with Crippen molar-refractivity contribution in [1.82, 2.24) is 0 Å². The van der Waals surface area contributed by atoms with Crippen LogP contribution in [0.25, 0.3) is 0 Å². The van der Waals surface area contributed by atoms with E-state index in [-0.39, 0.29) is 0 Å². The van der Waals surface area contributed by atoms with Gasteiger partial charge in [-0.3, -0.25) is 0 Å². The first-order valence-electron chi connectivity index (χ1n) is 5.00. The smallest absolute Gasteiger partial charge is 0.00448 e. The first-order chi connectivity index (χ1) is 6.18. The maximum atomic E-state index is 5.86. The van der Waals surface area contributed by atoms with Crippen molar-refractivity contribution >= 4 is 0 Å². The molecule has 1 nitrogen and oxygen atoms in total. The van der Waals surface area contributed by atoms with E-state index in [9.17, 15) is 0 Å². The summed E-state index contributed by atoms with van der Waals surface area (Å²) in [6.07, 6.45) is 1.28. The summed E-state index contributed by atoms with van der Waals surface area (Å²) in [6, 6.07) is 9.20. The molecule has 0 radical (unpaired) electrons. The van der Waals surface area contributed by atoms with Gasteiger partial charge in [0.05, 0.1) is 0 Å². The van der Waals surface area contributed by atoms with Crippen LogP contribution in [-0.4, -0.2) is 6.04 Å². The SMILES string of the molecule is Cc1ccc([C@@H]2C[C@@H]2[C@@H](C)N)cc1. The fraction of sp³-hybridized carbons (Fsp3) is 0.500. The van der Waals surface area contributed by atoms with E-state index in [1.165, 1.54) is 17.5 Å². The van der Waals surface area contributed by atoms with E-state index in [0.717, 1.165) is 11.8 Å². The van der Waals surface area contributed by atoms with Crippen molar-refractivity contribution in [3.63, 3.8) is 0 Å². The van der Waals surface area contributed by atoms with E-state index in [4.69, 9.17) is 5.73 Å². The molecule has 2 N–H and O–H groups in total. The van der Waals surface area contributed by atoms with Gasteiger partial charge in [0.2, 0.25) is 0 Å². The first-order valence-corrected chi connectivity index (χ1v) is 5.00. The Balaban J connectivity index is 2.08. The molecule has 3 atom stereocenters. The number of aryl methyl sites for hydroxylation is 1. The van der Waals surface area contributed by atoms with Gasteiger partial charge in [-0.1, -0.05) is 29.8 Å². The van der Waals surface area contributed by atoms with Crippen LogP contribution in [0.5, 0.6) is 0 Å². The van der Waals surface area contributed by atoms with E-state index in [1.54, 1.807) is 0 Å². The third kappa shape index (κ3) is 1.75. The lowest BCUT2D eigenvalue weighted by Gasteiger charge is -2.04. The number of hydrogen-bond acceptors (Lipinski definition) is 1. The van der Waals surface area contributed by atoms with Crippen LogP contribution in [0.4, 0.5) is 0 Å². The molecule has 70 valence electrons. The lowest BCUT2D eigenvalue weighted by Crippen LogP contribution is -2.17. The summed E-state index contributed by atoms with van der Waals surface area (Å²) < 4.78 is 0. The van der Waals surface area contributed by atoms with Crippen LogP contribution in [0.3, 0.4) is 0 Å². The summed E-state index contributed by atoms with van der Waals surface area (Å²) in [5.41, 5.74) is 8.66. The second-order valence-corrected chi connectivity index (χ2v) is 4.28. The Kier molecular flexibility index (Phi) is 2.12. The third-order valence-electron chi connectivity index (χ3n) is 3.02. The van der Waals surface area contributed by atoms with E-state index in [0.29, 0.717) is 6.04 Å². The second kappa shape index (κ2) is 3.15. The average molecular weight is 175 g/mol. The van der Waals surface area contributed by atoms with Crippen molar-refractivity contribution in [1.29, 1.82) is 0 Å². The van der Waals surface area contributed by atoms with Gasteiger partial charge < -0.3 is 5.73 Å². The van der Waals surface area contributed by atoms with Gasteiger partial charge in [-0.2, -0.15) is 0 Å². The lowest BCUT2D eigenvalue weighted by atomic mass is 10.1. The molecule has 1 aromatic carbocycles. The largest absolute Gasteiger partial charge is 0.328 e. The van der Waals surface area contributed by atoms with E-state index < -0.39 is 0 Å². The van der Waals surface area contributed by atoms with Gasteiger partial charge in [0.1, 0.15) is 0 Å². The van der Waals surface area contributed by atoms with Crippen LogP contribution >= 0.6 is 0 Å². The molecule has 1 aliphatic rings. The lowest BCUT2D eigenvalue weighted by molar-refractivity contribution is 0.631. The van der Waals surface area contributed by atoms with Crippen LogP contribution in [0, 0.1) is 12.8 Å². The van der Waals surface area contributed by atoms with Gasteiger partial charge in [-0.05, 0) is 37.7 Å². The average Bonchev–Trinajstić information content (AvgIpc) is 2.85. The van der Waals surface area contributed by atoms with Gasteiger partial charge >= 0.3 is 0 Å². The van der Waals surface area contributed by atoms with Gasteiger partial charge in [0, 0.05) is 6.04 Å². The summed E-state index contributed by atoms with van der Waals surface area (Å²) in [4.78, 5) is 0. The van der Waals surface area contributed by atoms with Crippen molar-refractivity contribution in [3.05, 3.63) is 35.4 Å². The highest BCUT2D eigenvalue weighted by molar-refractivity contribution is 5.29. The molecule has 0 aliphatic heterocycles. The minimum Gasteiger partial charge on any atom is -0.328 e. The molecular weight excluding hydrogens is 158 g/mol. The minimum atomic E-state index is 0.353. The Morgan fingerprint density at radius 2 is 1.92 bits per heavy atom. The Morgan fingerprint density at radius 3 is 2.38 bits per heavy atom. The van der Waals surface area contributed by atoms with Crippen LogP contribution in [-0.2, 0) is 0 Å². The standard InChI is InChI=1S/C12H17N/c1-8-3-5-10(6-4-8)12-7-11(12)9(2)13/h3-6,9,11-12H,7,13H2,1-2H3/t9-,11-,12+/m1/s1. The van der Waals surface area contributed by atoms with Crippen molar-refractivity contribution in [2.75, 3.05) is 0 Å². The zero-order valence-electron chi connectivity index (χ0n) is 8.33. The molecule has 0 bridgehead atoms. The van der Waals surface area contributed by atoms with Crippen LogP contribution in [0.15, 0.2) is 24.3 Å². The highest BCUT2D eigenvalue weighted by atomic mass is 14.7. The number of hydrogen-bond donors (Lipinski definition) is 1. The molecule has 1 aliphatic carbocycles. The normalized spacial score (nSPS) is 28.5. The van der Waals surface area contributed by atoms with E-state index in [1.807, 2.05) is 0 Å². The van der Waals surface area contributed by atoms with E-state index in [2.05, 4.69) is 38.1 Å². The highest BCUT2D eigenvalue weighted by Gasteiger charge is 2.40. The first kappa shape index (κ1) is 8.76. The molecule has 0 saturated heterocycles. The predicted molar refractivity (Wildman–Crippen MR) is 55.7 cm³/mol. The zero-order valence-corrected chi connectivity index (χ0v) is 8.33. The molecule has 13 heavy (non-hydrogen) atoms. The Morgan fingerprint density at radius 1 is 1.31 bits per heavy atom. The van der Waals surface area contributed by atoms with Crippen LogP contribution in [0.2, 0.25) is 0 Å². The highest BCUT2D eigenvalue weighted by Crippen LogP contribution is 2.48. The molecule has 1 aromatic rings. The van der Waals surface area contributed by atoms with Gasteiger partial charge in [0.25, 0.3) is 0 Å². The van der Waals surface area contributed by atoms with Gasteiger partial charge in [-0.15, -0.1) is 0 Å². The summed E-state index contributed by atoms with van der Waals surface area (Å²) in [6.45, 7) is 4.23. The van der Waals surface area contributed by atoms with Crippen LogP contribution in [0.1, 0.15) is 30.4 Å². The molecule has 1 saturated carbocycles. The van der Waals surface area contributed by atoms with Crippen LogP contribution < -0.4 is 5.73 Å². The molecule has 2 rings (SSSR count). The summed E-state index contributed by atoms with van der Waals surface area (Å²) in [7, 11) is 0. The molecule has 0 heterocycles. The number of nitrogens with two attached hydrogens (primary N) is 1. The molecule has 1 heteroatoms. The second-order valence-electron chi connectivity index (χ2n) is 4.28. The van der Waals surface area contributed by atoms with Crippen molar-refractivity contribution in [3.8, 4) is 0 Å².